The van der Waals surface area contributed by atoms with E-state index in [2.05, 4.69) is 9.47 Å². The molecule has 0 aromatic carbocycles. The zero-order valence-electron chi connectivity index (χ0n) is 10.3. The van der Waals surface area contributed by atoms with Crippen LogP contribution in [0, 0.1) is 0 Å². The molecule has 18 heavy (non-hydrogen) atoms. The third-order valence-electron chi connectivity index (χ3n) is 1.46. The van der Waals surface area contributed by atoms with Crippen LogP contribution in [-0.4, -0.2) is 11.9 Å². The van der Waals surface area contributed by atoms with Crippen LogP contribution in [0.1, 0.15) is 26.7 Å². The maximum absolute atomic E-state index is 10.7. The van der Waals surface area contributed by atoms with E-state index >= 15 is 0 Å². The molecule has 0 rings (SSSR count). The van der Waals surface area contributed by atoms with Gasteiger partial charge in [-0.05, 0) is 0 Å². The quantitative estimate of drug-likeness (QED) is 0.490. The molecular weight excluding hydrogens is 240 g/mol. The second kappa shape index (κ2) is 11.3. The first-order valence-electron chi connectivity index (χ1n) is 5.35. The summed E-state index contributed by atoms with van der Waals surface area (Å²) < 4.78 is 18.7. The molecule has 0 aromatic rings. The van der Waals surface area contributed by atoms with Gasteiger partial charge in [0.25, 0.3) is 0 Å². The molecule has 0 fully saturated rings. The number of esters is 2. The van der Waals surface area contributed by atoms with Gasteiger partial charge in [0, 0.05) is 12.8 Å². The van der Waals surface area contributed by atoms with Crippen molar-refractivity contribution in [3.63, 3.8) is 0 Å². The van der Waals surface area contributed by atoms with Crippen molar-refractivity contribution in [3.8, 4) is 0 Å². The molecule has 0 N–H and O–H groups in total. The van der Waals surface area contributed by atoms with Gasteiger partial charge >= 0.3 is 11.9 Å². The molecule has 6 heteroatoms. The SMILES string of the molecule is CCC(=O)OC=COC=COC=COC(=O)CC. The summed E-state index contributed by atoms with van der Waals surface area (Å²) in [6.45, 7) is 3.37. The lowest BCUT2D eigenvalue weighted by Gasteiger charge is -1.94. The standard InChI is InChI=1S/C12H16O6/c1-3-11(13)17-9-7-15-5-6-16-8-10-18-12(14)4-2/h5-10H,3-4H2,1-2H3. The molecule has 0 saturated heterocycles. The highest BCUT2D eigenvalue weighted by Gasteiger charge is 1.92. The predicted octanol–water partition coefficient (Wildman–Crippen LogP) is 2.34. The highest BCUT2D eigenvalue weighted by Crippen LogP contribution is 1.89. The van der Waals surface area contributed by atoms with Crippen LogP contribution in [0.4, 0.5) is 0 Å². The lowest BCUT2D eigenvalue weighted by molar-refractivity contribution is -0.138. The predicted molar refractivity (Wildman–Crippen MR) is 62.4 cm³/mol. The molecule has 0 bridgehead atoms. The van der Waals surface area contributed by atoms with Crippen molar-refractivity contribution in [2.45, 2.75) is 26.7 Å². The van der Waals surface area contributed by atoms with Crippen LogP contribution in [0.2, 0.25) is 0 Å². The minimum Gasteiger partial charge on any atom is -0.466 e. The van der Waals surface area contributed by atoms with Crippen molar-refractivity contribution in [2.24, 2.45) is 0 Å². The normalized spacial score (nSPS) is 11.0. The molecule has 0 aromatic heterocycles. The zero-order chi connectivity index (χ0) is 13.6. The molecule has 0 aliphatic rings. The number of ether oxygens (including phenoxy) is 4. The van der Waals surface area contributed by atoms with E-state index in [1.807, 2.05) is 0 Å². The summed E-state index contributed by atoms with van der Waals surface area (Å²) in [5.41, 5.74) is 0. The third kappa shape index (κ3) is 10.3. The Balaban J connectivity index is 3.54. The van der Waals surface area contributed by atoms with E-state index in [1.54, 1.807) is 13.8 Å². The number of rotatable bonds is 8. The summed E-state index contributed by atoms with van der Waals surface area (Å²) in [5, 5.41) is 0. The Hall–Kier alpha value is -2.24. The summed E-state index contributed by atoms with van der Waals surface area (Å²) in [4.78, 5) is 21.4. The fourth-order valence-electron chi connectivity index (χ4n) is 0.593. The van der Waals surface area contributed by atoms with Crippen LogP contribution < -0.4 is 0 Å². The average Bonchev–Trinajstić information content (AvgIpc) is 2.40. The molecule has 0 aliphatic heterocycles. The fraction of sp³-hybridized carbons (Fsp3) is 0.333. The number of carbonyl (C=O) groups is 2. The number of hydrogen-bond donors (Lipinski definition) is 0. The van der Waals surface area contributed by atoms with Gasteiger partial charge in [-0.2, -0.15) is 0 Å². The lowest BCUT2D eigenvalue weighted by atomic mass is 10.5. The van der Waals surface area contributed by atoms with Gasteiger partial charge in [-0.3, -0.25) is 9.59 Å². The number of carbonyl (C=O) groups excluding carboxylic acids is 2. The van der Waals surface area contributed by atoms with Crippen LogP contribution in [0.5, 0.6) is 0 Å². The molecule has 0 atom stereocenters. The van der Waals surface area contributed by atoms with Gasteiger partial charge in [0.1, 0.15) is 37.6 Å². The second-order valence-electron chi connectivity index (χ2n) is 2.78. The van der Waals surface area contributed by atoms with Crippen molar-refractivity contribution in [1.29, 1.82) is 0 Å². The van der Waals surface area contributed by atoms with Crippen LogP contribution in [0.3, 0.4) is 0 Å². The van der Waals surface area contributed by atoms with E-state index in [4.69, 9.17) is 9.47 Å². The molecular formula is C12H16O6. The van der Waals surface area contributed by atoms with E-state index in [0.717, 1.165) is 12.5 Å². The van der Waals surface area contributed by atoms with E-state index < -0.39 is 0 Å². The Morgan fingerprint density at radius 1 is 0.722 bits per heavy atom. The maximum atomic E-state index is 10.7. The zero-order valence-corrected chi connectivity index (χ0v) is 10.3. The minimum absolute atomic E-state index is 0.296. The van der Waals surface area contributed by atoms with Gasteiger partial charge in [-0.1, -0.05) is 13.8 Å². The van der Waals surface area contributed by atoms with E-state index in [-0.39, 0.29) is 11.9 Å². The van der Waals surface area contributed by atoms with Gasteiger partial charge in [-0.25, -0.2) is 0 Å². The van der Waals surface area contributed by atoms with Gasteiger partial charge in [0.15, 0.2) is 0 Å². The Labute approximate surface area is 105 Å². The lowest BCUT2D eigenvalue weighted by Crippen LogP contribution is -1.95. The molecule has 0 amide bonds. The maximum Gasteiger partial charge on any atom is 0.310 e. The van der Waals surface area contributed by atoms with Crippen molar-refractivity contribution in [2.75, 3.05) is 0 Å². The Morgan fingerprint density at radius 3 is 1.39 bits per heavy atom. The van der Waals surface area contributed by atoms with E-state index in [1.165, 1.54) is 25.0 Å². The van der Waals surface area contributed by atoms with Gasteiger partial charge in [0.05, 0.1) is 0 Å². The fourth-order valence-corrected chi connectivity index (χ4v) is 0.593. The first kappa shape index (κ1) is 15.8. The molecule has 6 nitrogen and oxygen atoms in total. The Kier molecular flexibility index (Phi) is 9.85. The molecule has 0 saturated carbocycles. The van der Waals surface area contributed by atoms with Crippen molar-refractivity contribution >= 4 is 11.9 Å². The van der Waals surface area contributed by atoms with E-state index in [0.29, 0.717) is 12.8 Å². The summed E-state index contributed by atoms with van der Waals surface area (Å²) in [5.74, 6) is -0.702. The third-order valence-corrected chi connectivity index (χ3v) is 1.46. The highest BCUT2D eigenvalue weighted by molar-refractivity contribution is 5.69. The Morgan fingerprint density at radius 2 is 1.06 bits per heavy atom. The van der Waals surface area contributed by atoms with Crippen LogP contribution in [0.25, 0.3) is 0 Å². The largest absolute Gasteiger partial charge is 0.466 e. The van der Waals surface area contributed by atoms with E-state index in [9.17, 15) is 9.59 Å². The molecule has 0 radical (unpaired) electrons. The first-order chi connectivity index (χ1) is 8.70. The highest BCUT2D eigenvalue weighted by atomic mass is 16.6. The van der Waals surface area contributed by atoms with Crippen molar-refractivity contribution in [3.05, 3.63) is 37.6 Å². The van der Waals surface area contributed by atoms with Crippen molar-refractivity contribution in [1.82, 2.24) is 0 Å². The topological polar surface area (TPSA) is 71.1 Å². The summed E-state index contributed by atoms with van der Waals surface area (Å²) in [7, 11) is 0. The Bertz CT molecular complexity index is 297. The molecule has 0 aliphatic carbocycles. The summed E-state index contributed by atoms with van der Waals surface area (Å²) in [6.07, 6.45) is 7.60. The first-order valence-corrected chi connectivity index (χ1v) is 5.35. The molecule has 0 unspecified atom stereocenters. The summed E-state index contributed by atoms with van der Waals surface area (Å²) in [6, 6.07) is 0. The van der Waals surface area contributed by atoms with Gasteiger partial charge in [-0.15, -0.1) is 0 Å². The molecule has 0 spiro atoms. The smallest absolute Gasteiger partial charge is 0.310 e. The monoisotopic (exact) mass is 256 g/mol. The average molecular weight is 256 g/mol. The van der Waals surface area contributed by atoms with Crippen LogP contribution >= 0.6 is 0 Å². The van der Waals surface area contributed by atoms with Gasteiger partial charge in [0.2, 0.25) is 0 Å². The van der Waals surface area contributed by atoms with Gasteiger partial charge < -0.3 is 18.9 Å². The van der Waals surface area contributed by atoms with Crippen LogP contribution in [-0.2, 0) is 28.5 Å². The summed E-state index contributed by atoms with van der Waals surface area (Å²) >= 11 is 0. The molecule has 0 heterocycles. The second-order valence-corrected chi connectivity index (χ2v) is 2.78. The number of hydrogen-bond acceptors (Lipinski definition) is 6. The molecule has 100 valence electrons. The minimum atomic E-state index is -0.351. The van der Waals surface area contributed by atoms with Crippen LogP contribution in [0.15, 0.2) is 37.6 Å². The van der Waals surface area contributed by atoms with Crippen molar-refractivity contribution < 1.29 is 28.5 Å².